The summed E-state index contributed by atoms with van der Waals surface area (Å²) in [7, 11) is 1.79. The predicted octanol–water partition coefficient (Wildman–Crippen LogP) is 3.39. The molecule has 2 atom stereocenters. The molecule has 0 bridgehead atoms. The van der Waals surface area contributed by atoms with Crippen LogP contribution >= 0.6 is 0 Å². The Morgan fingerprint density at radius 1 is 1.38 bits per heavy atom. The number of hydrogen-bond donors (Lipinski definition) is 1. The number of benzene rings is 1. The van der Waals surface area contributed by atoms with Crippen molar-refractivity contribution in [2.75, 3.05) is 20.1 Å². The lowest BCUT2D eigenvalue weighted by Crippen LogP contribution is -2.32. The number of furan rings is 1. The van der Waals surface area contributed by atoms with Crippen LogP contribution in [0.2, 0.25) is 0 Å². The van der Waals surface area contributed by atoms with E-state index in [1.165, 1.54) is 0 Å². The molecule has 1 aliphatic heterocycles. The molecule has 1 fully saturated rings. The number of piperidine rings is 1. The first-order valence-corrected chi connectivity index (χ1v) is 9.15. The zero-order valence-electron chi connectivity index (χ0n) is 15.2. The fraction of sp³-hybridized carbons (Fsp3) is 0.400. The van der Waals surface area contributed by atoms with Gasteiger partial charge in [0.15, 0.2) is 0 Å². The van der Waals surface area contributed by atoms with Gasteiger partial charge in [0.1, 0.15) is 17.0 Å². The van der Waals surface area contributed by atoms with Crippen molar-refractivity contribution in [3.63, 3.8) is 0 Å². The maximum Gasteiger partial charge on any atom is 0.274 e. The van der Waals surface area contributed by atoms with Gasteiger partial charge in [-0.15, -0.1) is 0 Å². The molecule has 6 heteroatoms. The molecule has 1 N–H and O–H groups in total. The van der Waals surface area contributed by atoms with Gasteiger partial charge < -0.3 is 14.6 Å². The normalized spacial score (nSPS) is 18.8. The summed E-state index contributed by atoms with van der Waals surface area (Å²) in [4.78, 5) is 14.5. The average molecular weight is 352 g/mol. The van der Waals surface area contributed by atoms with Crippen molar-refractivity contribution in [2.45, 2.75) is 31.8 Å². The number of nitrogens with one attached hydrogen (secondary N) is 1. The molecule has 6 nitrogen and oxygen atoms in total. The first kappa shape index (κ1) is 16.8. The lowest BCUT2D eigenvalue weighted by Gasteiger charge is -2.24. The number of nitrogens with zero attached hydrogens (tertiary/aromatic N) is 3. The van der Waals surface area contributed by atoms with Crippen molar-refractivity contribution in [1.29, 1.82) is 0 Å². The maximum atomic E-state index is 12.9. The van der Waals surface area contributed by atoms with E-state index in [-0.39, 0.29) is 11.9 Å². The van der Waals surface area contributed by atoms with E-state index >= 15 is 0 Å². The van der Waals surface area contributed by atoms with Crippen LogP contribution in [0.4, 0.5) is 0 Å². The van der Waals surface area contributed by atoms with Gasteiger partial charge in [0, 0.05) is 25.2 Å². The number of hydrogen-bond acceptors (Lipinski definition) is 4. The zero-order valence-corrected chi connectivity index (χ0v) is 15.2. The molecule has 1 aliphatic rings. The standard InChI is InChI=1S/C20H24N4O2/c1-14(19-12-15-6-3-4-8-18(15)26-19)23(2)20(25)17-9-11-24(22-17)16-7-5-10-21-13-16/h3-4,6,8-9,11-12,14,16,21H,5,7,10,13H2,1-2H3. The number of carbonyl (C=O) groups excluding carboxylic acids is 1. The minimum atomic E-state index is -0.170. The van der Waals surface area contributed by atoms with Gasteiger partial charge in [0.25, 0.3) is 5.91 Å². The van der Waals surface area contributed by atoms with Crippen LogP contribution in [0.3, 0.4) is 0 Å². The van der Waals surface area contributed by atoms with E-state index in [1.54, 1.807) is 18.0 Å². The highest BCUT2D eigenvalue weighted by molar-refractivity contribution is 5.92. The van der Waals surface area contributed by atoms with Crippen LogP contribution in [0.5, 0.6) is 0 Å². The van der Waals surface area contributed by atoms with Gasteiger partial charge in [-0.2, -0.15) is 5.10 Å². The number of para-hydroxylation sites is 1. The minimum Gasteiger partial charge on any atom is -0.459 e. The summed E-state index contributed by atoms with van der Waals surface area (Å²) in [5.41, 5.74) is 1.31. The van der Waals surface area contributed by atoms with Crippen LogP contribution in [-0.4, -0.2) is 40.7 Å². The Bertz CT molecular complexity index is 874. The van der Waals surface area contributed by atoms with Gasteiger partial charge in [0.05, 0.1) is 12.1 Å². The van der Waals surface area contributed by atoms with Crippen molar-refractivity contribution in [1.82, 2.24) is 20.0 Å². The van der Waals surface area contributed by atoms with E-state index in [9.17, 15) is 4.79 Å². The van der Waals surface area contributed by atoms with Gasteiger partial charge in [-0.05, 0) is 44.5 Å². The lowest BCUT2D eigenvalue weighted by molar-refractivity contribution is 0.0720. The Morgan fingerprint density at radius 3 is 3.00 bits per heavy atom. The molecule has 0 spiro atoms. The number of carbonyl (C=O) groups is 1. The second-order valence-electron chi connectivity index (χ2n) is 6.96. The largest absolute Gasteiger partial charge is 0.459 e. The van der Waals surface area contributed by atoms with Crippen LogP contribution in [0.1, 0.15) is 48.1 Å². The van der Waals surface area contributed by atoms with Gasteiger partial charge in [-0.3, -0.25) is 9.48 Å². The number of rotatable bonds is 4. The molecule has 1 amide bonds. The van der Waals surface area contributed by atoms with E-state index in [0.717, 1.165) is 42.7 Å². The molecular formula is C20H24N4O2. The van der Waals surface area contributed by atoms with Gasteiger partial charge in [-0.1, -0.05) is 18.2 Å². The molecule has 0 saturated carbocycles. The average Bonchev–Trinajstić information content (AvgIpc) is 3.34. The fourth-order valence-electron chi connectivity index (χ4n) is 3.47. The van der Waals surface area contributed by atoms with Gasteiger partial charge in [0.2, 0.25) is 0 Å². The van der Waals surface area contributed by atoms with E-state index in [1.807, 2.05) is 48.1 Å². The number of amides is 1. The Balaban J connectivity index is 1.50. The molecule has 0 aliphatic carbocycles. The Hall–Kier alpha value is -2.60. The van der Waals surface area contributed by atoms with Gasteiger partial charge in [-0.25, -0.2) is 0 Å². The molecule has 3 heterocycles. The summed E-state index contributed by atoms with van der Waals surface area (Å²) in [6.07, 6.45) is 4.13. The van der Waals surface area contributed by atoms with Crippen LogP contribution in [0.15, 0.2) is 47.0 Å². The van der Waals surface area contributed by atoms with Crippen LogP contribution in [0, 0.1) is 0 Å². The Morgan fingerprint density at radius 2 is 2.23 bits per heavy atom. The van der Waals surface area contributed by atoms with Crippen molar-refractivity contribution < 1.29 is 9.21 Å². The summed E-state index contributed by atoms with van der Waals surface area (Å²) in [6, 6.07) is 11.8. The summed E-state index contributed by atoms with van der Waals surface area (Å²) < 4.78 is 7.83. The minimum absolute atomic E-state index is 0.0968. The topological polar surface area (TPSA) is 63.3 Å². The second kappa shape index (κ2) is 6.96. The maximum absolute atomic E-state index is 12.9. The molecule has 2 aromatic heterocycles. The SMILES string of the molecule is CC(c1cc2ccccc2o1)N(C)C(=O)c1ccn(C2CCCNC2)n1. The summed E-state index contributed by atoms with van der Waals surface area (Å²) >= 11 is 0. The Labute approximate surface area is 152 Å². The zero-order chi connectivity index (χ0) is 18.1. The van der Waals surface area contributed by atoms with Crippen LogP contribution < -0.4 is 5.32 Å². The first-order chi connectivity index (χ1) is 12.6. The highest BCUT2D eigenvalue weighted by atomic mass is 16.3. The third kappa shape index (κ3) is 3.12. The quantitative estimate of drug-likeness (QED) is 0.782. The molecule has 136 valence electrons. The number of fused-ring (bicyclic) bond motifs is 1. The molecule has 2 unspecified atom stereocenters. The summed E-state index contributed by atoms with van der Waals surface area (Å²) in [5, 5.41) is 8.95. The molecule has 3 aromatic rings. The highest BCUT2D eigenvalue weighted by Gasteiger charge is 2.24. The molecule has 1 aromatic carbocycles. The van der Waals surface area contributed by atoms with Crippen molar-refractivity contribution >= 4 is 16.9 Å². The van der Waals surface area contributed by atoms with Crippen LogP contribution in [0.25, 0.3) is 11.0 Å². The number of aromatic nitrogens is 2. The highest BCUT2D eigenvalue weighted by Crippen LogP contribution is 2.27. The van der Waals surface area contributed by atoms with E-state index < -0.39 is 0 Å². The smallest absolute Gasteiger partial charge is 0.274 e. The van der Waals surface area contributed by atoms with Gasteiger partial charge >= 0.3 is 0 Å². The molecule has 26 heavy (non-hydrogen) atoms. The van der Waals surface area contributed by atoms with E-state index in [0.29, 0.717) is 11.7 Å². The monoisotopic (exact) mass is 352 g/mol. The summed E-state index contributed by atoms with van der Waals surface area (Å²) in [5.74, 6) is 0.679. The molecule has 1 saturated heterocycles. The fourth-order valence-corrected chi connectivity index (χ4v) is 3.47. The third-order valence-electron chi connectivity index (χ3n) is 5.23. The third-order valence-corrected chi connectivity index (χ3v) is 5.23. The molecule has 0 radical (unpaired) electrons. The molecular weight excluding hydrogens is 328 g/mol. The second-order valence-corrected chi connectivity index (χ2v) is 6.96. The van der Waals surface area contributed by atoms with E-state index in [2.05, 4.69) is 10.4 Å². The first-order valence-electron chi connectivity index (χ1n) is 9.15. The lowest BCUT2D eigenvalue weighted by atomic mass is 10.1. The van der Waals surface area contributed by atoms with Crippen molar-refractivity contribution in [2.24, 2.45) is 0 Å². The van der Waals surface area contributed by atoms with Crippen molar-refractivity contribution in [3.05, 3.63) is 54.0 Å². The Kier molecular flexibility index (Phi) is 4.51. The molecule has 4 rings (SSSR count). The predicted molar refractivity (Wildman–Crippen MR) is 100 cm³/mol. The summed E-state index contributed by atoms with van der Waals surface area (Å²) in [6.45, 7) is 3.93. The van der Waals surface area contributed by atoms with E-state index in [4.69, 9.17) is 4.42 Å². The van der Waals surface area contributed by atoms with Crippen molar-refractivity contribution in [3.8, 4) is 0 Å². The van der Waals surface area contributed by atoms with Crippen LogP contribution in [-0.2, 0) is 0 Å².